The highest BCUT2D eigenvalue weighted by Crippen LogP contribution is 2.68. The van der Waals surface area contributed by atoms with Gasteiger partial charge in [-0.25, -0.2) is 9.79 Å². The summed E-state index contributed by atoms with van der Waals surface area (Å²) in [7, 11) is 1.19. The molecule has 35 heavy (non-hydrogen) atoms. The van der Waals surface area contributed by atoms with Crippen LogP contribution in [0, 0.1) is 0 Å². The van der Waals surface area contributed by atoms with Crippen molar-refractivity contribution in [3.8, 4) is 0 Å². The molecule has 172 valence electrons. The molecule has 5 rings (SSSR count). The van der Waals surface area contributed by atoms with Crippen LogP contribution in [0.4, 0.5) is 0 Å². The summed E-state index contributed by atoms with van der Waals surface area (Å²) in [5.74, 6) is -1.91. The Kier molecular flexibility index (Phi) is 6.10. The molecular formula is C30H23NO3S. The van der Waals surface area contributed by atoms with Gasteiger partial charge in [-0.2, -0.15) is 0 Å². The summed E-state index contributed by atoms with van der Waals surface area (Å²) in [6, 6.07) is 40.0. The average molecular weight is 478 g/mol. The number of hydrogen-bond acceptors (Lipinski definition) is 4. The van der Waals surface area contributed by atoms with Crippen molar-refractivity contribution in [2.75, 3.05) is 7.11 Å². The molecule has 1 aliphatic rings. The summed E-state index contributed by atoms with van der Waals surface area (Å²) < 4.78 is 3.18. The first kappa shape index (κ1) is 22.8. The molecule has 1 amide bonds. The lowest BCUT2D eigenvalue weighted by molar-refractivity contribution is -0.151. The molecule has 4 nitrogen and oxygen atoms in total. The van der Waals surface area contributed by atoms with E-state index in [1.165, 1.54) is 7.11 Å². The van der Waals surface area contributed by atoms with Crippen molar-refractivity contribution in [1.29, 1.82) is 0 Å². The predicted molar refractivity (Wildman–Crippen MR) is 139 cm³/mol. The van der Waals surface area contributed by atoms with Gasteiger partial charge in [-0.05, 0) is 22.3 Å². The van der Waals surface area contributed by atoms with Gasteiger partial charge >= 0.3 is 11.9 Å². The smallest absolute Gasteiger partial charge is 0.398 e. The lowest BCUT2D eigenvalue weighted by atomic mass is 9.73. The van der Waals surface area contributed by atoms with Gasteiger partial charge in [-0.1, -0.05) is 121 Å². The summed E-state index contributed by atoms with van der Waals surface area (Å²) >= 11 is 1.72. The molecule has 5 heteroatoms. The summed E-state index contributed by atoms with van der Waals surface area (Å²) in [6.45, 7) is 0. The molecule has 0 saturated carbocycles. The number of amides is 1. The molecule has 1 aliphatic heterocycles. The number of carbonyl (C=O) groups excluding carboxylic acids is 2. The van der Waals surface area contributed by atoms with Crippen molar-refractivity contribution < 1.29 is 14.3 Å². The summed E-state index contributed by atoms with van der Waals surface area (Å²) in [5, 5.41) is 0. The summed E-state index contributed by atoms with van der Waals surface area (Å²) in [5.41, 5.74) is 4.51. The van der Waals surface area contributed by atoms with Crippen LogP contribution in [0.2, 0.25) is 0 Å². The number of aliphatic imine (C=N–C) groups is 1. The van der Waals surface area contributed by atoms with Crippen LogP contribution in [0.1, 0.15) is 22.3 Å². The van der Waals surface area contributed by atoms with Gasteiger partial charge in [0.05, 0.1) is 12.8 Å². The normalized spacial score (nSPS) is 15.5. The third-order valence-corrected chi connectivity index (χ3v) is 8.21. The van der Waals surface area contributed by atoms with E-state index in [1.807, 2.05) is 121 Å². The van der Waals surface area contributed by atoms with Crippen LogP contribution >= 0.6 is 11.8 Å². The third-order valence-electron chi connectivity index (χ3n) is 6.27. The van der Waals surface area contributed by atoms with Crippen molar-refractivity contribution in [3.05, 3.63) is 144 Å². The first-order valence-corrected chi connectivity index (χ1v) is 12.1. The zero-order valence-electron chi connectivity index (χ0n) is 19.1. The van der Waals surface area contributed by atoms with Crippen LogP contribution in [0.3, 0.4) is 0 Å². The van der Waals surface area contributed by atoms with Crippen LogP contribution in [-0.2, 0) is 23.8 Å². The number of rotatable bonds is 4. The van der Waals surface area contributed by atoms with Crippen LogP contribution in [0.15, 0.2) is 126 Å². The Labute approximate surface area is 208 Å². The number of esters is 1. The van der Waals surface area contributed by atoms with E-state index in [0.717, 1.165) is 22.3 Å². The number of benzene rings is 4. The van der Waals surface area contributed by atoms with Gasteiger partial charge < -0.3 is 4.74 Å². The zero-order valence-corrected chi connectivity index (χ0v) is 19.9. The molecule has 4 aromatic rings. The number of thioether (sulfide) groups is 1. The van der Waals surface area contributed by atoms with Crippen LogP contribution < -0.4 is 0 Å². The van der Waals surface area contributed by atoms with E-state index in [-0.39, 0.29) is 0 Å². The SMILES string of the molecule is COC(=O)C(=O)N=C1C(c2ccccc2)(c2ccccc2)SC1(c1ccccc1)c1ccccc1. The predicted octanol–water partition coefficient (Wildman–Crippen LogP) is 5.76. The van der Waals surface area contributed by atoms with Crippen molar-refractivity contribution in [3.63, 3.8) is 0 Å². The van der Waals surface area contributed by atoms with Gasteiger partial charge in [-0.3, -0.25) is 4.79 Å². The molecule has 0 radical (unpaired) electrons. The Bertz CT molecular complexity index is 1200. The van der Waals surface area contributed by atoms with E-state index < -0.39 is 21.4 Å². The van der Waals surface area contributed by atoms with Gasteiger partial charge in [-0.15, -0.1) is 11.8 Å². The number of nitrogens with zero attached hydrogens (tertiary/aromatic N) is 1. The van der Waals surface area contributed by atoms with E-state index in [4.69, 9.17) is 4.74 Å². The first-order valence-electron chi connectivity index (χ1n) is 11.3. The Balaban J connectivity index is 1.86. The van der Waals surface area contributed by atoms with Crippen LogP contribution in [-0.4, -0.2) is 24.7 Å². The highest BCUT2D eigenvalue weighted by molar-refractivity contribution is 8.05. The van der Waals surface area contributed by atoms with Crippen molar-refractivity contribution in [2.24, 2.45) is 4.99 Å². The van der Waals surface area contributed by atoms with Gasteiger partial charge in [0.25, 0.3) is 0 Å². The zero-order chi connectivity index (χ0) is 24.3. The largest absolute Gasteiger partial charge is 0.462 e. The number of methoxy groups -OCH3 is 1. The maximum atomic E-state index is 13.0. The molecule has 0 aromatic heterocycles. The maximum Gasteiger partial charge on any atom is 0.398 e. The monoisotopic (exact) mass is 477 g/mol. The highest BCUT2D eigenvalue weighted by atomic mass is 32.2. The Morgan fingerprint density at radius 2 is 0.914 bits per heavy atom. The second-order valence-corrected chi connectivity index (χ2v) is 9.61. The fourth-order valence-corrected chi connectivity index (χ4v) is 6.64. The van der Waals surface area contributed by atoms with Crippen molar-refractivity contribution in [2.45, 2.75) is 9.49 Å². The minimum absolute atomic E-state index is 0.584. The van der Waals surface area contributed by atoms with E-state index in [9.17, 15) is 9.59 Å². The van der Waals surface area contributed by atoms with Gasteiger partial charge in [0.2, 0.25) is 0 Å². The molecule has 0 bridgehead atoms. The molecule has 4 aromatic carbocycles. The molecule has 0 spiro atoms. The molecule has 1 fully saturated rings. The van der Waals surface area contributed by atoms with Crippen LogP contribution in [0.25, 0.3) is 0 Å². The van der Waals surface area contributed by atoms with Gasteiger partial charge in [0.15, 0.2) is 0 Å². The maximum absolute atomic E-state index is 13.0. The second kappa shape index (κ2) is 9.35. The quantitative estimate of drug-likeness (QED) is 0.277. The Morgan fingerprint density at radius 1 is 0.600 bits per heavy atom. The fourth-order valence-electron chi connectivity index (χ4n) is 4.73. The van der Waals surface area contributed by atoms with Gasteiger partial charge in [0, 0.05) is 0 Å². The van der Waals surface area contributed by atoms with E-state index in [0.29, 0.717) is 5.71 Å². The molecule has 0 atom stereocenters. The molecular weight excluding hydrogens is 454 g/mol. The molecule has 0 unspecified atom stereocenters. The minimum Gasteiger partial charge on any atom is -0.462 e. The van der Waals surface area contributed by atoms with Crippen molar-refractivity contribution in [1.82, 2.24) is 0 Å². The molecule has 0 N–H and O–H groups in total. The van der Waals surface area contributed by atoms with Crippen molar-refractivity contribution >= 4 is 29.4 Å². The fraction of sp³-hybridized carbons (Fsp3) is 0.100. The Morgan fingerprint density at radius 3 is 1.20 bits per heavy atom. The van der Waals surface area contributed by atoms with Crippen LogP contribution in [0.5, 0.6) is 0 Å². The standard InChI is InChI=1S/C30H23NO3S/c1-34-27(33)26(32)31-28-29(22-14-6-2-7-15-22,23-16-8-3-9-17-23)35-30(28,24-18-10-4-11-19-24)25-20-12-5-13-21-25/h2-21H,1H3. The molecule has 1 heterocycles. The molecule has 1 saturated heterocycles. The third kappa shape index (κ3) is 3.69. The number of ether oxygens (including phenoxy) is 1. The second-order valence-electron chi connectivity index (χ2n) is 8.19. The Hall–Kier alpha value is -3.96. The summed E-state index contributed by atoms with van der Waals surface area (Å²) in [6.07, 6.45) is 0. The van der Waals surface area contributed by atoms with Gasteiger partial charge in [0.1, 0.15) is 9.49 Å². The van der Waals surface area contributed by atoms with E-state index >= 15 is 0 Å². The van der Waals surface area contributed by atoms with E-state index in [1.54, 1.807) is 11.8 Å². The first-order chi connectivity index (χ1) is 17.1. The topological polar surface area (TPSA) is 55.7 Å². The van der Waals surface area contributed by atoms with E-state index in [2.05, 4.69) is 4.99 Å². The summed E-state index contributed by atoms with van der Waals surface area (Å²) in [4.78, 5) is 29.8. The molecule has 0 aliphatic carbocycles. The average Bonchev–Trinajstić information content (AvgIpc) is 2.93. The lowest BCUT2D eigenvalue weighted by Gasteiger charge is -2.57. The highest BCUT2D eigenvalue weighted by Gasteiger charge is 2.65. The lowest BCUT2D eigenvalue weighted by Crippen LogP contribution is -2.59. The minimum atomic E-state index is -0.987. The number of hydrogen-bond donors (Lipinski definition) is 0. The number of carbonyl (C=O) groups is 2.